The zero-order valence-corrected chi connectivity index (χ0v) is 17.8. The van der Waals surface area contributed by atoms with Crippen LogP contribution in [-0.2, 0) is 6.54 Å². The van der Waals surface area contributed by atoms with Crippen molar-refractivity contribution in [1.82, 2.24) is 14.5 Å². The van der Waals surface area contributed by atoms with E-state index < -0.39 is 0 Å². The van der Waals surface area contributed by atoms with Gasteiger partial charge in [0.25, 0.3) is 0 Å². The molecule has 29 heavy (non-hydrogen) atoms. The minimum absolute atomic E-state index is 0.738. The number of thiophene rings is 1. The number of rotatable bonds is 5. The number of hydrogen-bond donors (Lipinski definition) is 1. The van der Waals surface area contributed by atoms with E-state index in [1.54, 1.807) is 17.7 Å². The Labute approximate surface area is 181 Å². The Morgan fingerprint density at radius 3 is 2.52 bits per heavy atom. The molecule has 3 aromatic heterocycles. The molecule has 0 bridgehead atoms. The SMILES string of the molecule is Brc1ccc(-n2cc(-c3ccccc3)c3c(NCc4cccs4)ncnc32)cc1. The second-order valence-electron chi connectivity index (χ2n) is 6.61. The normalized spacial score (nSPS) is 11.1. The summed E-state index contributed by atoms with van der Waals surface area (Å²) in [6.45, 7) is 0.738. The van der Waals surface area contributed by atoms with Gasteiger partial charge in [-0.2, -0.15) is 0 Å². The first-order chi connectivity index (χ1) is 14.3. The smallest absolute Gasteiger partial charge is 0.150 e. The Morgan fingerprint density at radius 1 is 0.931 bits per heavy atom. The molecule has 142 valence electrons. The van der Waals surface area contributed by atoms with Crippen LogP contribution in [-0.4, -0.2) is 14.5 Å². The summed E-state index contributed by atoms with van der Waals surface area (Å²) in [5.74, 6) is 0.845. The summed E-state index contributed by atoms with van der Waals surface area (Å²) in [5.41, 5.74) is 4.19. The zero-order chi connectivity index (χ0) is 19.6. The van der Waals surface area contributed by atoms with E-state index in [1.165, 1.54) is 4.88 Å². The van der Waals surface area contributed by atoms with Gasteiger partial charge in [0.2, 0.25) is 0 Å². The summed E-state index contributed by atoms with van der Waals surface area (Å²) in [5, 5.41) is 6.63. The largest absolute Gasteiger partial charge is 0.364 e. The van der Waals surface area contributed by atoms with Gasteiger partial charge >= 0.3 is 0 Å². The minimum atomic E-state index is 0.738. The van der Waals surface area contributed by atoms with E-state index in [-0.39, 0.29) is 0 Å². The molecule has 0 unspecified atom stereocenters. The quantitative estimate of drug-likeness (QED) is 0.324. The third kappa shape index (κ3) is 3.57. The molecule has 0 aliphatic rings. The van der Waals surface area contributed by atoms with Crippen LogP contribution in [0.2, 0.25) is 0 Å². The Kier molecular flexibility index (Phi) is 4.87. The van der Waals surface area contributed by atoms with Gasteiger partial charge in [0, 0.05) is 26.8 Å². The average molecular weight is 461 g/mol. The molecule has 6 heteroatoms. The number of nitrogens with zero attached hydrogens (tertiary/aromatic N) is 3. The summed E-state index contributed by atoms with van der Waals surface area (Å²) in [6, 6.07) is 22.8. The second kappa shape index (κ2) is 7.81. The number of aromatic nitrogens is 3. The molecule has 5 aromatic rings. The van der Waals surface area contributed by atoms with E-state index in [9.17, 15) is 0 Å². The molecular weight excluding hydrogens is 444 g/mol. The molecule has 4 nitrogen and oxygen atoms in total. The molecule has 5 rings (SSSR count). The first-order valence-electron chi connectivity index (χ1n) is 9.23. The lowest BCUT2D eigenvalue weighted by molar-refractivity contribution is 1.07. The van der Waals surface area contributed by atoms with Crippen LogP contribution in [0.15, 0.2) is 89.1 Å². The zero-order valence-electron chi connectivity index (χ0n) is 15.4. The first-order valence-corrected chi connectivity index (χ1v) is 10.9. The fraction of sp³-hybridized carbons (Fsp3) is 0.0435. The highest BCUT2D eigenvalue weighted by atomic mass is 79.9. The van der Waals surface area contributed by atoms with Crippen molar-refractivity contribution in [2.24, 2.45) is 0 Å². The van der Waals surface area contributed by atoms with Crippen LogP contribution >= 0.6 is 27.3 Å². The third-order valence-electron chi connectivity index (χ3n) is 4.78. The van der Waals surface area contributed by atoms with Crippen LogP contribution < -0.4 is 5.32 Å². The van der Waals surface area contributed by atoms with E-state index in [0.29, 0.717) is 0 Å². The standard InChI is InChI=1S/C23H17BrN4S/c24-17-8-10-18(11-9-17)28-14-20(16-5-2-1-3-6-16)21-22(26-15-27-23(21)28)25-13-19-7-4-12-29-19/h1-12,14-15H,13H2,(H,25,26,27). The maximum atomic E-state index is 4.63. The number of fused-ring (bicyclic) bond motifs is 1. The van der Waals surface area contributed by atoms with Crippen molar-refractivity contribution in [3.05, 3.63) is 94.0 Å². The van der Waals surface area contributed by atoms with Gasteiger partial charge in [0.15, 0.2) is 5.65 Å². The fourth-order valence-electron chi connectivity index (χ4n) is 3.41. The molecule has 3 heterocycles. The van der Waals surface area contributed by atoms with Crippen LogP contribution in [0.5, 0.6) is 0 Å². The summed E-state index contributed by atoms with van der Waals surface area (Å²) >= 11 is 5.25. The highest BCUT2D eigenvalue weighted by Crippen LogP contribution is 2.35. The molecule has 0 atom stereocenters. The minimum Gasteiger partial charge on any atom is -0.364 e. The van der Waals surface area contributed by atoms with Gasteiger partial charge in [-0.25, -0.2) is 9.97 Å². The van der Waals surface area contributed by atoms with Gasteiger partial charge in [-0.15, -0.1) is 11.3 Å². The lowest BCUT2D eigenvalue weighted by Crippen LogP contribution is -2.02. The van der Waals surface area contributed by atoms with E-state index in [1.807, 2.05) is 18.2 Å². The number of nitrogens with one attached hydrogen (secondary N) is 1. The van der Waals surface area contributed by atoms with Crippen LogP contribution in [0.4, 0.5) is 5.82 Å². The van der Waals surface area contributed by atoms with Crippen molar-refractivity contribution in [3.8, 4) is 16.8 Å². The van der Waals surface area contributed by atoms with Crippen molar-refractivity contribution in [1.29, 1.82) is 0 Å². The second-order valence-corrected chi connectivity index (χ2v) is 8.56. The molecule has 0 radical (unpaired) electrons. The molecule has 2 aromatic carbocycles. The highest BCUT2D eigenvalue weighted by Gasteiger charge is 2.17. The fourth-order valence-corrected chi connectivity index (χ4v) is 4.32. The Bertz CT molecular complexity index is 1250. The van der Waals surface area contributed by atoms with Gasteiger partial charge in [-0.1, -0.05) is 52.3 Å². The number of halogens is 1. The lowest BCUT2D eigenvalue weighted by Gasteiger charge is -2.08. The van der Waals surface area contributed by atoms with Gasteiger partial charge in [0.1, 0.15) is 12.1 Å². The Morgan fingerprint density at radius 2 is 1.76 bits per heavy atom. The maximum Gasteiger partial charge on any atom is 0.150 e. The summed E-state index contributed by atoms with van der Waals surface area (Å²) in [7, 11) is 0. The van der Waals surface area contributed by atoms with Gasteiger partial charge in [-0.3, -0.25) is 0 Å². The number of benzene rings is 2. The van der Waals surface area contributed by atoms with Crippen molar-refractivity contribution >= 4 is 44.1 Å². The number of hydrogen-bond acceptors (Lipinski definition) is 4. The van der Waals surface area contributed by atoms with Crippen LogP contribution in [0.25, 0.3) is 27.8 Å². The Balaban J connectivity index is 1.69. The van der Waals surface area contributed by atoms with E-state index in [4.69, 9.17) is 0 Å². The lowest BCUT2D eigenvalue weighted by atomic mass is 10.1. The van der Waals surface area contributed by atoms with Gasteiger partial charge < -0.3 is 9.88 Å². The molecule has 1 N–H and O–H groups in total. The van der Waals surface area contributed by atoms with E-state index in [0.717, 1.165) is 44.7 Å². The molecule has 0 spiro atoms. The van der Waals surface area contributed by atoms with Crippen LogP contribution in [0.3, 0.4) is 0 Å². The van der Waals surface area contributed by atoms with E-state index in [2.05, 4.69) is 95.9 Å². The van der Waals surface area contributed by atoms with Crippen LogP contribution in [0.1, 0.15) is 4.88 Å². The molecule has 0 fully saturated rings. The molecule has 0 amide bonds. The highest BCUT2D eigenvalue weighted by molar-refractivity contribution is 9.10. The maximum absolute atomic E-state index is 4.63. The van der Waals surface area contributed by atoms with Crippen molar-refractivity contribution in [3.63, 3.8) is 0 Å². The first kappa shape index (κ1) is 18.1. The topological polar surface area (TPSA) is 42.7 Å². The molecular formula is C23H17BrN4S. The van der Waals surface area contributed by atoms with Gasteiger partial charge in [-0.05, 0) is 41.3 Å². The number of anilines is 1. The summed E-state index contributed by atoms with van der Waals surface area (Å²) < 4.78 is 3.18. The van der Waals surface area contributed by atoms with Crippen molar-refractivity contribution in [2.75, 3.05) is 5.32 Å². The molecule has 0 aliphatic carbocycles. The Hall–Kier alpha value is -2.96. The average Bonchev–Trinajstić information content (AvgIpc) is 3.42. The molecule has 0 saturated heterocycles. The summed E-state index contributed by atoms with van der Waals surface area (Å²) in [4.78, 5) is 10.5. The summed E-state index contributed by atoms with van der Waals surface area (Å²) in [6.07, 6.45) is 3.78. The van der Waals surface area contributed by atoms with Crippen LogP contribution in [0, 0.1) is 0 Å². The third-order valence-corrected chi connectivity index (χ3v) is 6.19. The van der Waals surface area contributed by atoms with Gasteiger partial charge in [0.05, 0.1) is 11.9 Å². The molecule has 0 saturated carbocycles. The predicted molar refractivity (Wildman–Crippen MR) is 124 cm³/mol. The van der Waals surface area contributed by atoms with E-state index >= 15 is 0 Å². The molecule has 0 aliphatic heterocycles. The van der Waals surface area contributed by atoms with Crippen molar-refractivity contribution in [2.45, 2.75) is 6.54 Å². The predicted octanol–water partition coefficient (Wildman–Crippen LogP) is 6.52. The van der Waals surface area contributed by atoms with Crippen molar-refractivity contribution < 1.29 is 0 Å². The monoisotopic (exact) mass is 460 g/mol.